The van der Waals surface area contributed by atoms with E-state index in [4.69, 9.17) is 0 Å². The van der Waals surface area contributed by atoms with E-state index in [0.29, 0.717) is 6.04 Å². The van der Waals surface area contributed by atoms with Crippen LogP contribution in [-0.4, -0.2) is 30.1 Å². The van der Waals surface area contributed by atoms with E-state index in [0.717, 1.165) is 18.6 Å². The Balaban J connectivity index is 1.57. The number of thiophene rings is 1. The number of hydrogen-bond acceptors (Lipinski definition) is 3. The molecule has 3 heterocycles. The number of rotatable bonds is 3. The minimum absolute atomic E-state index is 0.713. The number of fused-ring (bicyclic) bond motifs is 2. The summed E-state index contributed by atoms with van der Waals surface area (Å²) in [5.41, 5.74) is 0. The highest BCUT2D eigenvalue weighted by molar-refractivity contribution is 9.10. The summed E-state index contributed by atoms with van der Waals surface area (Å²) in [6.45, 7) is 1.02. The molecule has 0 spiro atoms. The average molecular weight is 329 g/mol. The third-order valence-corrected chi connectivity index (χ3v) is 6.51. The fourth-order valence-electron chi connectivity index (χ4n) is 3.47. The van der Waals surface area contributed by atoms with Crippen LogP contribution >= 0.6 is 27.3 Å². The minimum Gasteiger partial charge on any atom is -0.309 e. The van der Waals surface area contributed by atoms with Gasteiger partial charge in [-0.3, -0.25) is 0 Å². The third kappa shape index (κ3) is 2.67. The number of halogens is 1. The highest BCUT2D eigenvalue weighted by Gasteiger charge is 2.35. The highest BCUT2D eigenvalue weighted by atomic mass is 79.9. The summed E-state index contributed by atoms with van der Waals surface area (Å²) >= 11 is 5.45. The summed E-state index contributed by atoms with van der Waals surface area (Å²) < 4.78 is 1.26. The lowest BCUT2D eigenvalue weighted by Crippen LogP contribution is -2.54. The lowest BCUT2D eigenvalue weighted by atomic mass is 9.82. The van der Waals surface area contributed by atoms with Gasteiger partial charge in [-0.05, 0) is 60.1 Å². The first-order valence-electron chi connectivity index (χ1n) is 6.91. The molecular weight excluding hydrogens is 308 g/mol. The zero-order valence-corrected chi connectivity index (χ0v) is 13.3. The van der Waals surface area contributed by atoms with E-state index in [2.05, 4.69) is 44.6 Å². The molecule has 2 unspecified atom stereocenters. The van der Waals surface area contributed by atoms with Gasteiger partial charge in [0.2, 0.25) is 0 Å². The predicted molar refractivity (Wildman–Crippen MR) is 81.1 cm³/mol. The van der Waals surface area contributed by atoms with Crippen molar-refractivity contribution in [2.45, 2.75) is 56.8 Å². The van der Waals surface area contributed by atoms with Gasteiger partial charge in [-0.1, -0.05) is 6.42 Å². The van der Waals surface area contributed by atoms with E-state index < -0.39 is 0 Å². The van der Waals surface area contributed by atoms with E-state index >= 15 is 0 Å². The quantitative estimate of drug-likeness (QED) is 0.911. The largest absolute Gasteiger partial charge is 0.309 e. The second-order valence-electron chi connectivity index (χ2n) is 5.64. The number of piperidine rings is 2. The molecule has 0 aliphatic carbocycles. The Kier molecular flexibility index (Phi) is 4.09. The molecule has 100 valence electrons. The van der Waals surface area contributed by atoms with Gasteiger partial charge < -0.3 is 10.2 Å². The molecule has 0 radical (unpaired) electrons. The van der Waals surface area contributed by atoms with Crippen molar-refractivity contribution in [1.29, 1.82) is 0 Å². The normalized spacial score (nSPS) is 32.7. The lowest BCUT2D eigenvalue weighted by Gasteiger charge is -2.47. The van der Waals surface area contributed by atoms with Gasteiger partial charge in [0.05, 0.1) is 0 Å². The maximum absolute atomic E-state index is 3.77. The molecule has 2 aliphatic heterocycles. The zero-order chi connectivity index (χ0) is 12.5. The van der Waals surface area contributed by atoms with E-state index in [1.54, 1.807) is 0 Å². The molecule has 3 rings (SSSR count). The molecule has 2 fully saturated rings. The lowest BCUT2D eigenvalue weighted by molar-refractivity contribution is 0.0483. The van der Waals surface area contributed by atoms with Crippen molar-refractivity contribution in [1.82, 2.24) is 10.2 Å². The summed E-state index contributed by atoms with van der Waals surface area (Å²) in [4.78, 5) is 4.06. The molecule has 4 heteroatoms. The van der Waals surface area contributed by atoms with Gasteiger partial charge in [-0.25, -0.2) is 0 Å². The van der Waals surface area contributed by atoms with Gasteiger partial charge in [-0.2, -0.15) is 0 Å². The van der Waals surface area contributed by atoms with Gasteiger partial charge in [-0.15, -0.1) is 11.3 Å². The molecule has 0 amide bonds. The van der Waals surface area contributed by atoms with Gasteiger partial charge in [0.1, 0.15) is 0 Å². The fraction of sp³-hybridized carbons (Fsp3) is 0.714. The van der Waals surface area contributed by atoms with E-state index in [-0.39, 0.29) is 0 Å². The molecule has 2 atom stereocenters. The Bertz CT molecular complexity index is 392. The molecule has 1 N–H and O–H groups in total. The number of nitrogens with one attached hydrogen (secondary N) is 1. The number of nitrogens with zero attached hydrogens (tertiary/aromatic N) is 1. The van der Waals surface area contributed by atoms with E-state index in [9.17, 15) is 0 Å². The summed E-state index contributed by atoms with van der Waals surface area (Å²) in [5.74, 6) is 0. The van der Waals surface area contributed by atoms with Crippen LogP contribution < -0.4 is 5.32 Å². The molecule has 1 aromatic rings. The highest BCUT2D eigenvalue weighted by Crippen LogP contribution is 2.33. The van der Waals surface area contributed by atoms with E-state index in [1.165, 1.54) is 41.5 Å². The Morgan fingerprint density at radius 3 is 2.72 bits per heavy atom. The Hall–Kier alpha value is 0.100. The molecule has 2 bridgehead atoms. The van der Waals surface area contributed by atoms with Gasteiger partial charge in [0, 0.05) is 34.0 Å². The van der Waals surface area contributed by atoms with Crippen LogP contribution in [-0.2, 0) is 6.54 Å². The molecule has 0 aromatic carbocycles. The van der Waals surface area contributed by atoms with Gasteiger partial charge in [0.25, 0.3) is 0 Å². The molecule has 0 saturated carbocycles. The zero-order valence-electron chi connectivity index (χ0n) is 10.9. The van der Waals surface area contributed by atoms with Crippen LogP contribution in [0.25, 0.3) is 0 Å². The van der Waals surface area contributed by atoms with Crippen molar-refractivity contribution < 1.29 is 0 Å². The molecule has 1 aromatic heterocycles. The number of hydrogen-bond donors (Lipinski definition) is 1. The topological polar surface area (TPSA) is 15.3 Å². The van der Waals surface area contributed by atoms with Crippen molar-refractivity contribution in [3.8, 4) is 0 Å². The Morgan fingerprint density at radius 1 is 1.39 bits per heavy atom. The first kappa shape index (κ1) is 13.1. The van der Waals surface area contributed by atoms with Crippen LogP contribution in [0.2, 0.25) is 0 Å². The van der Waals surface area contributed by atoms with Gasteiger partial charge in [0.15, 0.2) is 0 Å². The van der Waals surface area contributed by atoms with Gasteiger partial charge >= 0.3 is 0 Å². The molecule has 2 nitrogen and oxygen atoms in total. The van der Waals surface area contributed by atoms with Crippen molar-refractivity contribution in [3.63, 3.8) is 0 Å². The van der Waals surface area contributed by atoms with Crippen LogP contribution in [0.3, 0.4) is 0 Å². The van der Waals surface area contributed by atoms with Crippen LogP contribution in [0.4, 0.5) is 0 Å². The summed E-state index contributed by atoms with van der Waals surface area (Å²) in [6, 6.07) is 4.50. The minimum atomic E-state index is 0.713. The second kappa shape index (κ2) is 5.61. The van der Waals surface area contributed by atoms with Crippen LogP contribution in [0, 0.1) is 0 Å². The summed E-state index contributed by atoms with van der Waals surface area (Å²) in [6.07, 6.45) is 6.89. The molecular formula is C14H21BrN2S. The second-order valence-corrected chi connectivity index (χ2v) is 7.50. The monoisotopic (exact) mass is 328 g/mol. The SMILES string of the molecule is CN1C2CCCC1CC(NCc1sccc1Br)C2. The maximum atomic E-state index is 3.77. The first-order valence-corrected chi connectivity index (χ1v) is 8.58. The molecule has 2 saturated heterocycles. The van der Waals surface area contributed by atoms with Crippen molar-refractivity contribution in [2.75, 3.05) is 7.05 Å². The average Bonchev–Trinajstić information content (AvgIpc) is 2.73. The smallest absolute Gasteiger partial charge is 0.0327 e. The molecule has 18 heavy (non-hydrogen) atoms. The first-order chi connectivity index (χ1) is 8.74. The predicted octanol–water partition coefficient (Wildman–Crippen LogP) is 3.62. The fourth-order valence-corrected chi connectivity index (χ4v) is 4.91. The Morgan fingerprint density at radius 2 is 2.11 bits per heavy atom. The maximum Gasteiger partial charge on any atom is 0.0327 e. The third-order valence-electron chi connectivity index (χ3n) is 4.58. The summed E-state index contributed by atoms with van der Waals surface area (Å²) in [5, 5.41) is 5.92. The molecule has 2 aliphatic rings. The Labute approximate surface area is 122 Å². The van der Waals surface area contributed by atoms with Crippen LogP contribution in [0.5, 0.6) is 0 Å². The van der Waals surface area contributed by atoms with Crippen LogP contribution in [0.15, 0.2) is 15.9 Å². The van der Waals surface area contributed by atoms with Crippen LogP contribution in [0.1, 0.15) is 37.0 Å². The standard InChI is InChI=1S/C14H21BrN2S/c1-17-11-3-2-4-12(17)8-10(7-11)16-9-14-13(15)5-6-18-14/h5-6,10-12,16H,2-4,7-9H2,1H3. The summed E-state index contributed by atoms with van der Waals surface area (Å²) in [7, 11) is 2.32. The van der Waals surface area contributed by atoms with E-state index in [1.807, 2.05) is 11.3 Å². The van der Waals surface area contributed by atoms with Crippen molar-refractivity contribution in [3.05, 3.63) is 20.8 Å². The van der Waals surface area contributed by atoms with Crippen molar-refractivity contribution >= 4 is 27.3 Å². The van der Waals surface area contributed by atoms with Crippen molar-refractivity contribution in [2.24, 2.45) is 0 Å².